The molecule has 1 fully saturated rings. The van der Waals surface area contributed by atoms with E-state index in [2.05, 4.69) is 20.8 Å². The smallest absolute Gasteiger partial charge is 0.286 e. The number of aryl methyl sites for hydroxylation is 1. The molecule has 1 aromatic heterocycles. The largest absolute Gasteiger partial charge is 0.486 e. The van der Waals surface area contributed by atoms with Gasteiger partial charge in [0.2, 0.25) is 5.01 Å². The van der Waals surface area contributed by atoms with E-state index in [9.17, 15) is 9.59 Å². The molecule has 0 saturated carbocycles. The highest BCUT2D eigenvalue weighted by Gasteiger charge is 2.17. The average Bonchev–Trinajstić information content (AvgIpc) is 3.49. The van der Waals surface area contributed by atoms with Crippen LogP contribution in [0.3, 0.4) is 0 Å². The van der Waals surface area contributed by atoms with Gasteiger partial charge in [0.15, 0.2) is 5.01 Å². The zero-order valence-corrected chi connectivity index (χ0v) is 18.5. The fourth-order valence-corrected chi connectivity index (χ4v) is 3.91. The fraction of sp³-hybridized carbons (Fsp3) is 0.304. The molecule has 1 atom stereocenters. The van der Waals surface area contributed by atoms with Gasteiger partial charge >= 0.3 is 0 Å². The molecule has 2 N–H and O–H groups in total. The van der Waals surface area contributed by atoms with Gasteiger partial charge in [0, 0.05) is 24.4 Å². The van der Waals surface area contributed by atoms with Crippen LogP contribution in [0.4, 0.5) is 5.69 Å². The normalized spacial score (nSPS) is 15.3. The first-order chi connectivity index (χ1) is 15.6. The maximum absolute atomic E-state index is 12.5. The maximum Gasteiger partial charge on any atom is 0.286 e. The number of carbonyl (C=O) groups excluding carboxylic acids is 2. The number of ether oxygens (including phenoxy) is 2. The van der Waals surface area contributed by atoms with Crippen molar-refractivity contribution in [3.8, 4) is 5.75 Å². The Balaban J connectivity index is 1.27. The summed E-state index contributed by atoms with van der Waals surface area (Å²) in [7, 11) is 0. The van der Waals surface area contributed by atoms with Gasteiger partial charge in [-0.25, -0.2) is 0 Å². The molecule has 0 aliphatic carbocycles. The van der Waals surface area contributed by atoms with E-state index in [1.165, 1.54) is 11.3 Å². The van der Waals surface area contributed by atoms with Gasteiger partial charge in [0.05, 0.1) is 6.10 Å². The van der Waals surface area contributed by atoms with E-state index in [-0.39, 0.29) is 29.5 Å². The maximum atomic E-state index is 12.5. The minimum atomic E-state index is -0.361. The number of nitrogens with one attached hydrogen (secondary N) is 2. The number of rotatable bonds is 8. The van der Waals surface area contributed by atoms with Crippen molar-refractivity contribution in [2.45, 2.75) is 32.5 Å². The van der Waals surface area contributed by atoms with Gasteiger partial charge in [-0.1, -0.05) is 23.5 Å². The van der Waals surface area contributed by atoms with Crippen molar-refractivity contribution in [2.75, 3.05) is 18.5 Å². The lowest BCUT2D eigenvalue weighted by molar-refractivity contribution is 0.0857. The lowest BCUT2D eigenvalue weighted by Gasteiger charge is -2.11. The van der Waals surface area contributed by atoms with Gasteiger partial charge in [-0.3, -0.25) is 9.59 Å². The second kappa shape index (κ2) is 10.3. The monoisotopic (exact) mass is 452 g/mol. The quantitative estimate of drug-likeness (QED) is 0.542. The Morgan fingerprint density at radius 3 is 2.75 bits per heavy atom. The third-order valence-electron chi connectivity index (χ3n) is 4.93. The van der Waals surface area contributed by atoms with Crippen LogP contribution in [0.15, 0.2) is 48.5 Å². The number of carbonyl (C=O) groups is 2. The molecule has 1 unspecified atom stereocenters. The van der Waals surface area contributed by atoms with Crippen molar-refractivity contribution >= 4 is 28.8 Å². The van der Waals surface area contributed by atoms with Crippen molar-refractivity contribution < 1.29 is 19.1 Å². The molecular formula is C23H24N4O4S. The van der Waals surface area contributed by atoms with Crippen molar-refractivity contribution in [1.29, 1.82) is 0 Å². The Labute approximate surface area is 190 Å². The van der Waals surface area contributed by atoms with E-state index >= 15 is 0 Å². The van der Waals surface area contributed by atoms with Crippen molar-refractivity contribution in [3.63, 3.8) is 0 Å². The number of hydrogen-bond acceptors (Lipinski definition) is 7. The second-order valence-electron chi connectivity index (χ2n) is 7.48. The number of aromatic nitrogens is 2. The molecule has 32 heavy (non-hydrogen) atoms. The summed E-state index contributed by atoms with van der Waals surface area (Å²) in [5, 5.41) is 14.5. The highest BCUT2D eigenvalue weighted by Crippen LogP contribution is 2.18. The molecule has 8 nitrogen and oxygen atoms in total. The van der Waals surface area contributed by atoms with Gasteiger partial charge in [0.1, 0.15) is 12.4 Å². The molecule has 1 saturated heterocycles. The Hall–Kier alpha value is -3.30. The molecule has 2 aromatic carbocycles. The standard InChI is InChI=1S/C23H24N4O4S/c1-15-4-2-5-18(12-15)31-14-20-26-27-23(32-20)22(29)25-17-9-7-16(8-10-17)21(28)24-13-19-6-3-11-30-19/h2,4-5,7-10,12,19H,3,6,11,13-14H2,1H3,(H,24,28)(H,25,29). The fourth-order valence-electron chi connectivity index (χ4n) is 3.26. The summed E-state index contributed by atoms with van der Waals surface area (Å²) in [4.78, 5) is 24.7. The summed E-state index contributed by atoms with van der Waals surface area (Å²) in [6, 6.07) is 14.4. The summed E-state index contributed by atoms with van der Waals surface area (Å²) in [6.07, 6.45) is 2.10. The average molecular weight is 453 g/mol. The number of benzene rings is 2. The first-order valence-corrected chi connectivity index (χ1v) is 11.2. The molecule has 0 spiro atoms. The van der Waals surface area contributed by atoms with Crippen LogP contribution in [0.25, 0.3) is 0 Å². The van der Waals surface area contributed by atoms with E-state index < -0.39 is 0 Å². The predicted molar refractivity (Wildman–Crippen MR) is 121 cm³/mol. The Morgan fingerprint density at radius 1 is 1.16 bits per heavy atom. The molecule has 1 aliphatic rings. The lowest BCUT2D eigenvalue weighted by Crippen LogP contribution is -2.31. The van der Waals surface area contributed by atoms with E-state index in [0.29, 0.717) is 22.8 Å². The Kier molecular flexibility index (Phi) is 7.08. The third-order valence-corrected chi connectivity index (χ3v) is 5.83. The SMILES string of the molecule is Cc1cccc(OCc2nnc(C(=O)Nc3ccc(C(=O)NCC4CCCO4)cc3)s2)c1. The summed E-state index contributed by atoms with van der Waals surface area (Å²) < 4.78 is 11.2. The topological polar surface area (TPSA) is 102 Å². The molecule has 3 aromatic rings. The van der Waals surface area contributed by atoms with Gasteiger partial charge in [-0.15, -0.1) is 10.2 Å². The van der Waals surface area contributed by atoms with E-state index in [1.54, 1.807) is 24.3 Å². The van der Waals surface area contributed by atoms with Crippen LogP contribution in [0.5, 0.6) is 5.75 Å². The molecule has 0 radical (unpaired) electrons. The highest BCUT2D eigenvalue weighted by molar-refractivity contribution is 7.13. The summed E-state index contributed by atoms with van der Waals surface area (Å²) >= 11 is 1.18. The number of hydrogen-bond donors (Lipinski definition) is 2. The van der Waals surface area contributed by atoms with Crippen LogP contribution in [-0.4, -0.2) is 41.3 Å². The molecule has 9 heteroatoms. The molecular weight excluding hydrogens is 428 g/mol. The van der Waals surface area contributed by atoms with Gasteiger partial charge in [-0.2, -0.15) is 0 Å². The minimum Gasteiger partial charge on any atom is -0.486 e. The van der Waals surface area contributed by atoms with Gasteiger partial charge in [-0.05, 0) is 61.7 Å². The number of anilines is 1. The molecule has 2 heterocycles. The zero-order valence-electron chi connectivity index (χ0n) is 17.7. The molecule has 2 amide bonds. The van der Waals surface area contributed by atoms with E-state index in [1.807, 2.05) is 31.2 Å². The number of nitrogens with zero attached hydrogens (tertiary/aromatic N) is 2. The van der Waals surface area contributed by atoms with E-state index in [4.69, 9.17) is 9.47 Å². The van der Waals surface area contributed by atoms with Crippen LogP contribution in [0, 0.1) is 6.92 Å². The predicted octanol–water partition coefficient (Wildman–Crippen LogP) is 3.59. The molecule has 0 bridgehead atoms. The van der Waals surface area contributed by atoms with Crippen molar-refractivity contribution in [2.24, 2.45) is 0 Å². The van der Waals surface area contributed by atoms with E-state index in [0.717, 1.165) is 30.8 Å². The second-order valence-corrected chi connectivity index (χ2v) is 8.54. The van der Waals surface area contributed by atoms with Crippen LogP contribution in [0.1, 0.15) is 43.6 Å². The Bertz CT molecular complexity index is 1080. The van der Waals surface area contributed by atoms with Crippen molar-refractivity contribution in [1.82, 2.24) is 15.5 Å². The van der Waals surface area contributed by atoms with Crippen LogP contribution < -0.4 is 15.4 Å². The first kappa shape index (κ1) is 21.9. The summed E-state index contributed by atoms with van der Waals surface area (Å²) in [6.45, 7) is 3.49. The van der Waals surface area contributed by atoms with Crippen LogP contribution in [-0.2, 0) is 11.3 Å². The summed E-state index contributed by atoms with van der Waals surface area (Å²) in [5.74, 6) is 0.215. The van der Waals surface area contributed by atoms with Crippen molar-refractivity contribution in [3.05, 3.63) is 69.7 Å². The first-order valence-electron chi connectivity index (χ1n) is 10.4. The molecule has 4 rings (SSSR count). The van der Waals surface area contributed by atoms with Crippen LogP contribution in [0.2, 0.25) is 0 Å². The Morgan fingerprint density at radius 2 is 2.00 bits per heavy atom. The third kappa shape index (κ3) is 5.89. The van der Waals surface area contributed by atoms with Gasteiger partial charge < -0.3 is 20.1 Å². The zero-order chi connectivity index (χ0) is 22.3. The molecule has 166 valence electrons. The minimum absolute atomic E-state index is 0.0940. The molecule has 1 aliphatic heterocycles. The highest BCUT2D eigenvalue weighted by atomic mass is 32.1. The number of amides is 2. The summed E-state index contributed by atoms with van der Waals surface area (Å²) in [5.41, 5.74) is 2.19. The van der Waals surface area contributed by atoms with Gasteiger partial charge in [0.25, 0.3) is 11.8 Å². The van der Waals surface area contributed by atoms with Crippen LogP contribution >= 0.6 is 11.3 Å². The lowest BCUT2D eigenvalue weighted by atomic mass is 10.2.